The summed E-state index contributed by atoms with van der Waals surface area (Å²) in [7, 11) is 3.62. The number of aryl methyl sites for hydroxylation is 2. The lowest BCUT2D eigenvalue weighted by Gasteiger charge is -2.16. The van der Waals surface area contributed by atoms with Crippen LogP contribution in [-0.2, 0) is 32.1 Å². The van der Waals surface area contributed by atoms with Gasteiger partial charge in [0.1, 0.15) is 19.5 Å². The maximum atomic E-state index is 14.8. The summed E-state index contributed by atoms with van der Waals surface area (Å²) < 4.78 is 18.3. The highest BCUT2D eigenvalue weighted by atomic mass is 19.1. The number of aromatic nitrogens is 6. The number of hydrogen-bond donors (Lipinski definition) is 0. The first-order valence-corrected chi connectivity index (χ1v) is 9.19. The normalized spacial score (nSPS) is 16.3. The van der Waals surface area contributed by atoms with Gasteiger partial charge in [-0.05, 0) is 30.7 Å². The van der Waals surface area contributed by atoms with E-state index in [2.05, 4.69) is 20.3 Å². The Morgan fingerprint density at radius 3 is 2.71 bits per heavy atom. The summed E-state index contributed by atoms with van der Waals surface area (Å²) in [4.78, 5) is 17.1. The fraction of sp³-hybridized carbons (Fsp3) is 0.389. The number of anilines is 2. The van der Waals surface area contributed by atoms with E-state index in [0.29, 0.717) is 43.1 Å². The second kappa shape index (κ2) is 6.11. The van der Waals surface area contributed by atoms with Crippen molar-refractivity contribution in [1.82, 2.24) is 24.9 Å². The molecule has 144 valence electrons. The summed E-state index contributed by atoms with van der Waals surface area (Å²) in [6.07, 6.45) is 1.34. The van der Waals surface area contributed by atoms with E-state index in [-0.39, 0.29) is 11.7 Å². The molecule has 4 heterocycles. The second-order valence-electron chi connectivity index (χ2n) is 7.18. The Kier molecular flexibility index (Phi) is 3.68. The molecule has 0 atom stereocenters. The van der Waals surface area contributed by atoms with Gasteiger partial charge >= 0.3 is 5.95 Å². The van der Waals surface area contributed by atoms with Gasteiger partial charge in [0.2, 0.25) is 5.91 Å². The van der Waals surface area contributed by atoms with Crippen LogP contribution in [0.25, 0.3) is 11.3 Å². The van der Waals surface area contributed by atoms with Crippen molar-refractivity contribution in [2.24, 2.45) is 14.1 Å². The van der Waals surface area contributed by atoms with Crippen LogP contribution in [0, 0.1) is 5.82 Å². The largest absolute Gasteiger partial charge is 0.402 e. The van der Waals surface area contributed by atoms with Crippen LogP contribution in [0.2, 0.25) is 0 Å². The van der Waals surface area contributed by atoms with Crippen LogP contribution < -0.4 is 14.5 Å². The van der Waals surface area contributed by atoms with Crippen molar-refractivity contribution >= 4 is 17.5 Å². The molecule has 10 heteroatoms. The molecule has 2 aliphatic heterocycles. The number of halogens is 1. The number of benzene rings is 1. The molecule has 0 N–H and O–H groups in total. The Labute approximate surface area is 160 Å². The smallest absolute Gasteiger partial charge is 0.312 e. The van der Waals surface area contributed by atoms with Crippen molar-refractivity contribution < 1.29 is 13.9 Å². The Balaban J connectivity index is 1.39. The molecule has 0 saturated carbocycles. The van der Waals surface area contributed by atoms with E-state index < -0.39 is 0 Å². The number of fused-ring (bicyclic) bond motifs is 1. The lowest BCUT2D eigenvalue weighted by Crippen LogP contribution is -2.38. The van der Waals surface area contributed by atoms with E-state index in [0.717, 1.165) is 18.1 Å². The number of rotatable bonds is 3. The molecule has 1 fully saturated rings. The Morgan fingerprint density at radius 2 is 2.07 bits per heavy atom. The van der Waals surface area contributed by atoms with Gasteiger partial charge in [-0.15, -0.1) is 4.68 Å². The summed E-state index contributed by atoms with van der Waals surface area (Å²) in [5, 5.41) is 13.1. The average Bonchev–Trinajstić information content (AvgIpc) is 3.38. The fourth-order valence-electron chi connectivity index (χ4n) is 3.90. The summed E-state index contributed by atoms with van der Waals surface area (Å²) in [5.74, 6) is 0.428. The van der Waals surface area contributed by atoms with Gasteiger partial charge in [-0.1, -0.05) is 4.80 Å². The van der Waals surface area contributed by atoms with Crippen LogP contribution in [0.5, 0.6) is 0 Å². The van der Waals surface area contributed by atoms with Gasteiger partial charge in [-0.3, -0.25) is 9.69 Å². The SMILES string of the molecule is Cn1nc(N2Cc3cc(-c4ccc(N5CCCC5=O)cc4F)nn3C2)[n+](C)n1. The highest BCUT2D eigenvalue weighted by Crippen LogP contribution is 2.30. The molecule has 0 unspecified atom stereocenters. The minimum atomic E-state index is -0.369. The Bertz CT molecular complexity index is 1060. The minimum Gasteiger partial charge on any atom is -0.312 e. The first-order chi connectivity index (χ1) is 13.5. The van der Waals surface area contributed by atoms with Gasteiger partial charge in [0.05, 0.1) is 30.1 Å². The van der Waals surface area contributed by atoms with Crippen molar-refractivity contribution in [2.75, 3.05) is 16.3 Å². The van der Waals surface area contributed by atoms with Gasteiger partial charge in [-0.2, -0.15) is 5.10 Å². The van der Waals surface area contributed by atoms with Crippen LogP contribution in [0.4, 0.5) is 16.0 Å². The van der Waals surface area contributed by atoms with Crippen LogP contribution in [0.1, 0.15) is 18.5 Å². The van der Waals surface area contributed by atoms with Gasteiger partial charge in [0.25, 0.3) is 0 Å². The second-order valence-corrected chi connectivity index (χ2v) is 7.18. The van der Waals surface area contributed by atoms with Gasteiger partial charge in [0, 0.05) is 29.4 Å². The van der Waals surface area contributed by atoms with Crippen molar-refractivity contribution in [3.63, 3.8) is 0 Å². The summed E-state index contributed by atoms with van der Waals surface area (Å²) in [5.41, 5.74) is 2.62. The lowest BCUT2D eigenvalue weighted by molar-refractivity contribution is -0.721. The summed E-state index contributed by atoms with van der Waals surface area (Å²) in [6, 6.07) is 6.82. The van der Waals surface area contributed by atoms with Crippen molar-refractivity contribution in [2.45, 2.75) is 26.1 Å². The third-order valence-electron chi connectivity index (χ3n) is 5.20. The Morgan fingerprint density at radius 1 is 1.21 bits per heavy atom. The number of carbonyl (C=O) groups excluding carboxylic acids is 1. The third kappa shape index (κ3) is 2.63. The number of amides is 1. The van der Waals surface area contributed by atoms with E-state index in [9.17, 15) is 9.18 Å². The quantitative estimate of drug-likeness (QED) is 0.624. The molecule has 0 spiro atoms. The predicted molar refractivity (Wildman–Crippen MR) is 97.6 cm³/mol. The molecule has 1 aromatic carbocycles. The number of carbonyl (C=O) groups is 1. The van der Waals surface area contributed by atoms with E-state index in [4.69, 9.17) is 0 Å². The molecule has 2 aliphatic rings. The zero-order valence-electron chi connectivity index (χ0n) is 15.7. The minimum absolute atomic E-state index is 0.0467. The number of tetrazole rings is 1. The standard InChI is InChI=1S/C18H20FN8O/c1-23-18(21-24(2)22-23)25-10-13-9-16(20-27(13)11-25)14-6-5-12(8-15(14)19)26-7-3-4-17(26)28/h5-6,8-9H,3-4,7,10-11H2,1-2H3/q+1. The first kappa shape index (κ1) is 16.8. The molecule has 5 rings (SSSR count). The molecular formula is C18H20FN8O+. The van der Waals surface area contributed by atoms with Crippen molar-refractivity contribution in [1.29, 1.82) is 0 Å². The number of hydrogen-bond acceptors (Lipinski definition) is 5. The lowest BCUT2D eigenvalue weighted by atomic mass is 10.1. The molecule has 2 aromatic heterocycles. The molecular weight excluding hydrogens is 363 g/mol. The maximum Gasteiger partial charge on any atom is 0.402 e. The van der Waals surface area contributed by atoms with Crippen molar-refractivity contribution in [3.05, 3.63) is 35.8 Å². The molecule has 9 nitrogen and oxygen atoms in total. The molecule has 28 heavy (non-hydrogen) atoms. The average molecular weight is 383 g/mol. The third-order valence-corrected chi connectivity index (χ3v) is 5.20. The van der Waals surface area contributed by atoms with E-state index in [1.54, 1.807) is 28.8 Å². The van der Waals surface area contributed by atoms with E-state index in [1.807, 2.05) is 17.8 Å². The highest BCUT2D eigenvalue weighted by Gasteiger charge is 2.31. The molecule has 3 aromatic rings. The maximum absolute atomic E-state index is 14.8. The number of nitrogens with zero attached hydrogens (tertiary/aromatic N) is 8. The van der Waals surface area contributed by atoms with Crippen molar-refractivity contribution in [3.8, 4) is 11.3 Å². The fourth-order valence-corrected chi connectivity index (χ4v) is 3.90. The molecule has 0 aliphatic carbocycles. The van der Waals surface area contributed by atoms with Crippen LogP contribution in [0.3, 0.4) is 0 Å². The van der Waals surface area contributed by atoms with E-state index >= 15 is 0 Å². The van der Waals surface area contributed by atoms with Crippen LogP contribution >= 0.6 is 0 Å². The molecule has 1 amide bonds. The monoisotopic (exact) mass is 383 g/mol. The van der Waals surface area contributed by atoms with Gasteiger partial charge < -0.3 is 4.90 Å². The summed E-state index contributed by atoms with van der Waals surface area (Å²) >= 11 is 0. The van der Waals surface area contributed by atoms with E-state index in [1.165, 1.54) is 10.9 Å². The van der Waals surface area contributed by atoms with Gasteiger partial charge in [0.15, 0.2) is 0 Å². The predicted octanol–water partition coefficient (Wildman–Crippen LogP) is 0.747. The topological polar surface area (TPSA) is 76.0 Å². The molecule has 0 radical (unpaired) electrons. The summed E-state index contributed by atoms with van der Waals surface area (Å²) in [6.45, 7) is 1.80. The van der Waals surface area contributed by atoms with Gasteiger partial charge in [-0.25, -0.2) is 9.07 Å². The first-order valence-electron chi connectivity index (χ1n) is 9.19. The van der Waals surface area contributed by atoms with Crippen LogP contribution in [0.15, 0.2) is 24.3 Å². The highest BCUT2D eigenvalue weighted by molar-refractivity contribution is 5.95. The molecule has 0 bridgehead atoms. The molecule has 1 saturated heterocycles. The zero-order valence-corrected chi connectivity index (χ0v) is 15.7. The zero-order chi connectivity index (χ0) is 19.4. The van der Waals surface area contributed by atoms with Crippen LogP contribution in [-0.4, -0.2) is 37.3 Å². The Hall–Kier alpha value is -3.30.